The van der Waals surface area contributed by atoms with Gasteiger partial charge in [-0.2, -0.15) is 36.9 Å². The number of nitriles is 2. The summed E-state index contributed by atoms with van der Waals surface area (Å²) in [6, 6.07) is 19.1. The van der Waals surface area contributed by atoms with E-state index in [0.29, 0.717) is 13.1 Å². The van der Waals surface area contributed by atoms with E-state index in [-0.39, 0.29) is 95.6 Å². The minimum atomic E-state index is -4.80. The zero-order chi connectivity index (χ0) is 60.2. The topological polar surface area (TPSA) is 215 Å². The third kappa shape index (κ3) is 15.4. The molecule has 4 aromatic rings. The number of hydrogen-bond donors (Lipinski definition) is 2. The van der Waals surface area contributed by atoms with E-state index in [0.717, 1.165) is 56.0 Å². The average molecular weight is 1140 g/mol. The predicted molar refractivity (Wildman–Crippen MR) is 288 cm³/mol. The lowest BCUT2D eigenvalue weighted by molar-refractivity contribution is -0.141. The van der Waals surface area contributed by atoms with E-state index in [2.05, 4.69) is 10.6 Å². The molecular formula is C57H61F6N11O8. The lowest BCUT2D eigenvalue weighted by Gasteiger charge is -2.42. The van der Waals surface area contributed by atoms with E-state index in [9.17, 15) is 65.6 Å². The number of rotatable bonds is 22. The van der Waals surface area contributed by atoms with E-state index in [1.54, 1.807) is 49.9 Å². The highest BCUT2D eigenvalue weighted by molar-refractivity contribution is 6.05. The molecule has 2 aliphatic rings. The van der Waals surface area contributed by atoms with Crippen LogP contribution in [0, 0.1) is 22.7 Å². The van der Waals surface area contributed by atoms with Gasteiger partial charge in [-0.05, 0) is 121 Å². The molecule has 0 aliphatic carbocycles. The second-order valence-electron chi connectivity index (χ2n) is 19.7. The Kier molecular flexibility index (Phi) is 20.6. The van der Waals surface area contributed by atoms with Crippen molar-refractivity contribution in [2.75, 3.05) is 111 Å². The van der Waals surface area contributed by atoms with Gasteiger partial charge in [-0.1, -0.05) is 36.4 Å². The molecule has 82 heavy (non-hydrogen) atoms. The second kappa shape index (κ2) is 27.1. The maximum atomic E-state index is 14.7. The molecule has 0 saturated carbocycles. The average Bonchev–Trinajstić information content (AvgIpc) is 3.62. The summed E-state index contributed by atoms with van der Waals surface area (Å²) in [4.78, 5) is 94.5. The van der Waals surface area contributed by atoms with Gasteiger partial charge in [-0.25, -0.2) is 19.2 Å². The first kappa shape index (κ1) is 62.4. The molecule has 2 N–H and O–H groups in total. The zero-order valence-electron chi connectivity index (χ0n) is 46.0. The summed E-state index contributed by atoms with van der Waals surface area (Å²) in [5, 5.41) is 24.5. The third-order valence-electron chi connectivity index (χ3n) is 13.3. The standard InChI is InChI=1S/C57H61F6N11O8/c1-36-48(52(77)81-28-26-68(3)4)50(40-18-14-38(32-64)15-19-40)71(54(79)73(36)44-12-8-10-42(30-44)56(58,59)60)34-46(75)66-22-24-70(7)25-23-67-47(76)35-72-51(41-20-16-39(33-65)17-21-41)49(53(78)82-29-27-69(5)6)37(2)74(55(72)80)45-13-9-11-43(31-45)57(61,62)63/h8-21,30-31,50-51H,22-29,34-35H2,1-7H3,(H,66,75)(H,67,76). The number of urea groups is 2. The number of halogens is 6. The number of carbonyl (C=O) groups excluding carboxylic acids is 6. The summed E-state index contributed by atoms with van der Waals surface area (Å²) in [6.45, 7) is 1.94. The molecule has 0 spiro atoms. The van der Waals surface area contributed by atoms with Crippen molar-refractivity contribution in [2.24, 2.45) is 0 Å². The molecule has 6 rings (SSSR count). The molecular weight excluding hydrogens is 1080 g/mol. The van der Waals surface area contributed by atoms with Gasteiger partial charge < -0.3 is 44.6 Å². The van der Waals surface area contributed by atoms with Crippen LogP contribution in [0.25, 0.3) is 0 Å². The number of amides is 6. The Morgan fingerprint density at radius 2 is 0.915 bits per heavy atom. The molecule has 0 radical (unpaired) electrons. The summed E-state index contributed by atoms with van der Waals surface area (Å²) in [7, 11) is 8.64. The number of nitrogens with zero attached hydrogens (tertiary/aromatic N) is 9. The molecule has 4 aromatic carbocycles. The highest BCUT2D eigenvalue weighted by atomic mass is 19.4. The van der Waals surface area contributed by atoms with Crippen LogP contribution in [0.4, 0.5) is 47.3 Å². The summed E-state index contributed by atoms with van der Waals surface area (Å²) in [5.41, 5.74) is -1.99. The van der Waals surface area contributed by atoms with Crippen LogP contribution in [0.3, 0.4) is 0 Å². The van der Waals surface area contributed by atoms with Crippen LogP contribution in [0.2, 0.25) is 0 Å². The number of carbonyl (C=O) groups is 6. The largest absolute Gasteiger partial charge is 0.461 e. The first-order valence-electron chi connectivity index (χ1n) is 25.6. The summed E-state index contributed by atoms with van der Waals surface area (Å²) in [5.74, 6) is -3.28. The minimum Gasteiger partial charge on any atom is -0.461 e. The highest BCUT2D eigenvalue weighted by Gasteiger charge is 2.46. The maximum Gasteiger partial charge on any atom is 0.416 e. The molecule has 19 nitrogen and oxygen atoms in total. The molecule has 2 heterocycles. The summed E-state index contributed by atoms with van der Waals surface area (Å²) < 4.78 is 95.4. The fourth-order valence-electron chi connectivity index (χ4n) is 9.08. The van der Waals surface area contributed by atoms with Crippen molar-refractivity contribution in [1.29, 1.82) is 10.5 Å². The second-order valence-corrected chi connectivity index (χ2v) is 19.7. The SMILES string of the molecule is CC1=C(C(=O)OCCN(C)C)C(c2ccc(C#N)cc2)N(CC(=O)NCCN(C)CCNC(=O)CN2C(=O)N(c3cccc(C(F)(F)F)c3)C(C)=C(C(=O)OCCN(C)C)C2c2ccc(C#N)cc2)C(=O)N1c1cccc(C(F)(F)F)c1. The molecule has 0 aromatic heterocycles. The number of alkyl halides is 6. The highest BCUT2D eigenvalue weighted by Crippen LogP contribution is 2.43. The van der Waals surface area contributed by atoms with Crippen molar-refractivity contribution in [1.82, 2.24) is 35.1 Å². The van der Waals surface area contributed by atoms with Crippen LogP contribution < -0.4 is 20.4 Å². The first-order chi connectivity index (χ1) is 38.7. The molecule has 0 fully saturated rings. The Morgan fingerprint density at radius 1 is 0.561 bits per heavy atom. The Labute approximate surface area is 470 Å². The molecule has 2 unspecified atom stereocenters. The van der Waals surface area contributed by atoms with Crippen molar-refractivity contribution in [3.05, 3.63) is 153 Å². The zero-order valence-corrected chi connectivity index (χ0v) is 46.0. The molecule has 0 bridgehead atoms. The van der Waals surface area contributed by atoms with Gasteiger partial charge in [-0.3, -0.25) is 19.4 Å². The number of nitrogens with one attached hydrogen (secondary N) is 2. The van der Waals surface area contributed by atoms with Crippen LogP contribution in [0.5, 0.6) is 0 Å². The first-order valence-corrected chi connectivity index (χ1v) is 25.6. The van der Waals surface area contributed by atoms with Gasteiger partial charge in [0.25, 0.3) is 0 Å². The van der Waals surface area contributed by atoms with E-state index < -0.39 is 84.5 Å². The monoisotopic (exact) mass is 1140 g/mol. The van der Waals surface area contributed by atoms with Gasteiger partial charge in [0.2, 0.25) is 11.8 Å². The number of benzene rings is 4. The maximum absolute atomic E-state index is 14.7. The van der Waals surface area contributed by atoms with Gasteiger partial charge >= 0.3 is 36.4 Å². The van der Waals surface area contributed by atoms with E-state index in [1.165, 1.54) is 74.5 Å². The van der Waals surface area contributed by atoms with Crippen molar-refractivity contribution in [3.8, 4) is 12.1 Å². The van der Waals surface area contributed by atoms with Gasteiger partial charge in [0.15, 0.2) is 0 Å². The van der Waals surface area contributed by atoms with Crippen LogP contribution in [0.1, 0.15) is 59.3 Å². The number of ether oxygens (including phenoxy) is 2. The quantitative estimate of drug-likeness (QED) is 0.0597. The van der Waals surface area contributed by atoms with E-state index in [4.69, 9.17) is 9.47 Å². The fourth-order valence-corrected chi connectivity index (χ4v) is 9.08. The van der Waals surface area contributed by atoms with Crippen molar-refractivity contribution in [2.45, 2.75) is 38.3 Å². The minimum absolute atomic E-state index is 0.0441. The van der Waals surface area contributed by atoms with Crippen molar-refractivity contribution in [3.63, 3.8) is 0 Å². The smallest absolute Gasteiger partial charge is 0.416 e. The fraction of sp³-hybridized carbons (Fsp3) is 0.368. The molecule has 0 saturated heterocycles. The van der Waals surface area contributed by atoms with E-state index >= 15 is 0 Å². The Hall–Kier alpha value is -8.78. The van der Waals surface area contributed by atoms with Crippen LogP contribution >= 0.6 is 0 Å². The van der Waals surface area contributed by atoms with E-state index in [1.807, 2.05) is 12.1 Å². The van der Waals surface area contributed by atoms with Gasteiger partial charge in [0.05, 0.1) is 69.0 Å². The van der Waals surface area contributed by atoms with Gasteiger partial charge in [0, 0.05) is 50.7 Å². The number of hydrogen-bond acceptors (Lipinski definition) is 13. The van der Waals surface area contributed by atoms with Crippen molar-refractivity contribution < 1.29 is 64.6 Å². The number of allylic oxidation sites excluding steroid dienone is 2. The molecule has 2 atom stereocenters. The molecule has 6 amide bonds. The molecule has 2 aliphatic heterocycles. The Bertz CT molecular complexity index is 2960. The lowest BCUT2D eigenvalue weighted by Crippen LogP contribution is -2.54. The van der Waals surface area contributed by atoms with Crippen LogP contribution in [-0.4, -0.2) is 161 Å². The summed E-state index contributed by atoms with van der Waals surface area (Å²) >= 11 is 0. The Morgan fingerprint density at radius 3 is 1.23 bits per heavy atom. The number of likely N-dealkylation sites (N-methyl/N-ethyl adjacent to an activating group) is 3. The summed E-state index contributed by atoms with van der Waals surface area (Å²) in [6.07, 6.45) is -9.60. The lowest BCUT2D eigenvalue weighted by atomic mass is 9.92. The number of esters is 2. The third-order valence-corrected chi connectivity index (χ3v) is 13.3. The van der Waals surface area contributed by atoms with Crippen LogP contribution in [-0.2, 0) is 41.0 Å². The van der Waals surface area contributed by atoms with Crippen molar-refractivity contribution >= 4 is 47.2 Å². The number of anilines is 2. The van der Waals surface area contributed by atoms with Gasteiger partial charge in [0.1, 0.15) is 26.3 Å². The Balaban J connectivity index is 1.19. The predicted octanol–water partition coefficient (Wildman–Crippen LogP) is 7.06. The normalized spacial score (nSPS) is 16.0. The molecule has 434 valence electrons. The van der Waals surface area contributed by atoms with Gasteiger partial charge in [-0.15, -0.1) is 0 Å². The van der Waals surface area contributed by atoms with Crippen LogP contribution in [0.15, 0.2) is 120 Å². The molecule has 25 heteroatoms.